The van der Waals surface area contributed by atoms with Crippen molar-refractivity contribution in [2.24, 2.45) is 5.41 Å². The number of hydrogen-bond acceptors (Lipinski definition) is 5. The van der Waals surface area contributed by atoms with E-state index < -0.39 is 17.0 Å². The monoisotopic (exact) mass is 270 g/mol. The Morgan fingerprint density at radius 2 is 2.00 bits per heavy atom. The molecule has 1 unspecified atom stereocenters. The fourth-order valence-corrected chi connectivity index (χ4v) is 1.80. The Morgan fingerprint density at radius 1 is 1.37 bits per heavy atom. The molecule has 6 heteroatoms. The van der Waals surface area contributed by atoms with Crippen LogP contribution in [0.15, 0.2) is 4.42 Å². The number of rotatable bonds is 7. The second-order valence-corrected chi connectivity index (χ2v) is 5.70. The fraction of sp³-hybridized carbons (Fsp3) is 0.769. The summed E-state index contributed by atoms with van der Waals surface area (Å²) in [5, 5.41) is 16.8. The number of aliphatic carboxylic acids is 1. The Labute approximate surface area is 113 Å². The Balaban J connectivity index is 2.83. The number of carbonyl (C=O) groups is 1. The average molecular weight is 270 g/mol. The number of aromatic nitrogens is 2. The molecule has 0 spiro atoms. The van der Waals surface area contributed by atoms with Gasteiger partial charge in [0.15, 0.2) is 0 Å². The minimum Gasteiger partial charge on any atom is -0.481 e. The van der Waals surface area contributed by atoms with E-state index in [0.29, 0.717) is 24.6 Å². The molecule has 1 N–H and O–H groups in total. The highest BCUT2D eigenvalue weighted by Gasteiger charge is 2.32. The normalized spacial score (nSPS) is 15.2. The zero-order chi connectivity index (χ0) is 14.7. The van der Waals surface area contributed by atoms with E-state index in [2.05, 4.69) is 10.2 Å². The van der Waals surface area contributed by atoms with Crippen LogP contribution >= 0.6 is 0 Å². The topological polar surface area (TPSA) is 85.5 Å². The molecule has 19 heavy (non-hydrogen) atoms. The highest BCUT2D eigenvalue weighted by Crippen LogP contribution is 2.30. The van der Waals surface area contributed by atoms with Crippen molar-refractivity contribution in [1.82, 2.24) is 10.2 Å². The van der Waals surface area contributed by atoms with E-state index >= 15 is 0 Å². The Bertz CT molecular complexity index is 436. The molecule has 6 nitrogen and oxygen atoms in total. The fourth-order valence-electron chi connectivity index (χ4n) is 1.80. The van der Waals surface area contributed by atoms with Gasteiger partial charge < -0.3 is 14.3 Å². The summed E-state index contributed by atoms with van der Waals surface area (Å²) in [6, 6.07) is 0. The third-order valence-corrected chi connectivity index (χ3v) is 3.30. The van der Waals surface area contributed by atoms with Crippen LogP contribution in [0.3, 0.4) is 0 Å². The maximum absolute atomic E-state index is 10.8. The van der Waals surface area contributed by atoms with E-state index in [1.54, 1.807) is 7.11 Å². The van der Waals surface area contributed by atoms with Crippen LogP contribution in [0, 0.1) is 5.41 Å². The van der Waals surface area contributed by atoms with Gasteiger partial charge in [-0.2, -0.15) is 0 Å². The van der Waals surface area contributed by atoms with Gasteiger partial charge in [0.05, 0.1) is 6.42 Å². The Hall–Kier alpha value is -1.43. The van der Waals surface area contributed by atoms with Crippen molar-refractivity contribution >= 4 is 5.97 Å². The van der Waals surface area contributed by atoms with Crippen LogP contribution in [0.2, 0.25) is 0 Å². The number of ether oxygens (including phenoxy) is 1. The molecule has 0 amide bonds. The van der Waals surface area contributed by atoms with Crippen LogP contribution in [-0.2, 0) is 21.6 Å². The first-order chi connectivity index (χ1) is 8.72. The van der Waals surface area contributed by atoms with Gasteiger partial charge in [-0.25, -0.2) is 0 Å². The number of hydrogen-bond donors (Lipinski definition) is 1. The van der Waals surface area contributed by atoms with Gasteiger partial charge in [-0.15, -0.1) is 10.2 Å². The molecule has 1 aromatic rings. The standard InChI is InChI=1S/C13H22N2O4/c1-6-13(4,18-5)11-15-14-9(19-11)7-12(2,3)8-10(16)17/h6-8H2,1-5H3,(H,16,17). The molecule has 1 rings (SSSR count). The molecule has 0 radical (unpaired) electrons. The first-order valence-electron chi connectivity index (χ1n) is 6.32. The van der Waals surface area contributed by atoms with E-state index in [4.69, 9.17) is 14.3 Å². The van der Waals surface area contributed by atoms with Gasteiger partial charge in [0.25, 0.3) is 0 Å². The Morgan fingerprint density at radius 3 is 2.47 bits per heavy atom. The van der Waals surface area contributed by atoms with Crippen molar-refractivity contribution in [2.45, 2.75) is 52.6 Å². The van der Waals surface area contributed by atoms with E-state index in [9.17, 15) is 4.79 Å². The van der Waals surface area contributed by atoms with Gasteiger partial charge in [0.2, 0.25) is 11.8 Å². The highest BCUT2D eigenvalue weighted by atomic mass is 16.5. The molecule has 0 aliphatic heterocycles. The minimum atomic E-state index is -0.833. The van der Waals surface area contributed by atoms with E-state index in [0.717, 1.165) is 0 Å². The van der Waals surface area contributed by atoms with Crippen LogP contribution in [0.5, 0.6) is 0 Å². The molecular formula is C13H22N2O4. The Kier molecular flexibility index (Phi) is 4.68. The van der Waals surface area contributed by atoms with E-state index in [1.165, 1.54) is 0 Å². The zero-order valence-electron chi connectivity index (χ0n) is 12.2. The number of nitrogens with zero attached hydrogens (tertiary/aromatic N) is 2. The predicted octanol–water partition coefficient (Wildman–Crippen LogP) is 2.38. The molecule has 0 saturated carbocycles. The van der Waals surface area contributed by atoms with Crippen molar-refractivity contribution < 1.29 is 19.1 Å². The molecule has 0 saturated heterocycles. The maximum atomic E-state index is 10.8. The zero-order valence-corrected chi connectivity index (χ0v) is 12.2. The minimum absolute atomic E-state index is 0.0556. The number of carboxylic acids is 1. The maximum Gasteiger partial charge on any atom is 0.303 e. The quantitative estimate of drug-likeness (QED) is 0.818. The summed E-state index contributed by atoms with van der Waals surface area (Å²) in [4.78, 5) is 10.8. The number of methoxy groups -OCH3 is 1. The van der Waals surface area contributed by atoms with Crippen LogP contribution in [0.1, 0.15) is 52.3 Å². The van der Waals surface area contributed by atoms with Crippen LogP contribution < -0.4 is 0 Å². The van der Waals surface area contributed by atoms with Crippen molar-refractivity contribution in [1.29, 1.82) is 0 Å². The number of carboxylic acid groups (broad SMARTS) is 1. The largest absolute Gasteiger partial charge is 0.481 e. The van der Waals surface area contributed by atoms with E-state index in [1.807, 2.05) is 27.7 Å². The molecule has 1 aromatic heterocycles. The lowest BCUT2D eigenvalue weighted by Gasteiger charge is -2.22. The van der Waals surface area contributed by atoms with Crippen molar-refractivity contribution in [3.8, 4) is 0 Å². The smallest absolute Gasteiger partial charge is 0.303 e. The van der Waals surface area contributed by atoms with Crippen molar-refractivity contribution in [3.63, 3.8) is 0 Å². The lowest BCUT2D eigenvalue weighted by atomic mass is 9.86. The predicted molar refractivity (Wildman–Crippen MR) is 68.7 cm³/mol. The summed E-state index contributed by atoms with van der Waals surface area (Å²) in [5.41, 5.74) is -1.02. The molecule has 0 aromatic carbocycles. The summed E-state index contributed by atoms with van der Waals surface area (Å²) in [6.07, 6.45) is 1.19. The van der Waals surface area contributed by atoms with Crippen LogP contribution in [0.4, 0.5) is 0 Å². The van der Waals surface area contributed by atoms with Gasteiger partial charge >= 0.3 is 5.97 Å². The molecule has 0 aliphatic rings. The molecular weight excluding hydrogens is 248 g/mol. The summed E-state index contributed by atoms with van der Waals surface area (Å²) in [7, 11) is 1.60. The molecule has 108 valence electrons. The lowest BCUT2D eigenvalue weighted by Crippen LogP contribution is -2.23. The summed E-state index contributed by atoms with van der Waals surface area (Å²) < 4.78 is 11.0. The summed E-state index contributed by atoms with van der Waals surface area (Å²) in [5.74, 6) is 0.0385. The average Bonchev–Trinajstić information content (AvgIpc) is 2.74. The first kappa shape index (κ1) is 15.6. The summed E-state index contributed by atoms with van der Waals surface area (Å²) in [6.45, 7) is 7.58. The second kappa shape index (κ2) is 5.69. The third kappa shape index (κ3) is 4.02. The van der Waals surface area contributed by atoms with Gasteiger partial charge in [-0.05, 0) is 18.8 Å². The first-order valence-corrected chi connectivity index (χ1v) is 6.32. The van der Waals surface area contributed by atoms with Crippen LogP contribution in [0.25, 0.3) is 0 Å². The van der Waals surface area contributed by atoms with Crippen molar-refractivity contribution in [2.75, 3.05) is 7.11 Å². The molecule has 0 bridgehead atoms. The van der Waals surface area contributed by atoms with Gasteiger partial charge in [-0.1, -0.05) is 20.8 Å². The molecule has 1 heterocycles. The lowest BCUT2D eigenvalue weighted by molar-refractivity contribution is -0.139. The van der Waals surface area contributed by atoms with Gasteiger partial charge in [0.1, 0.15) is 5.60 Å². The van der Waals surface area contributed by atoms with Gasteiger partial charge in [0, 0.05) is 13.5 Å². The van der Waals surface area contributed by atoms with E-state index in [-0.39, 0.29) is 6.42 Å². The third-order valence-electron chi connectivity index (χ3n) is 3.30. The van der Waals surface area contributed by atoms with Crippen molar-refractivity contribution in [3.05, 3.63) is 11.8 Å². The second-order valence-electron chi connectivity index (χ2n) is 5.70. The molecule has 1 atom stereocenters. The SMILES string of the molecule is CCC(C)(OC)c1nnc(CC(C)(C)CC(=O)O)o1. The molecule has 0 aliphatic carbocycles. The van der Waals surface area contributed by atoms with Crippen LogP contribution in [-0.4, -0.2) is 28.4 Å². The molecule has 0 fully saturated rings. The summed E-state index contributed by atoms with van der Waals surface area (Å²) >= 11 is 0. The highest BCUT2D eigenvalue weighted by molar-refractivity contribution is 5.67. The van der Waals surface area contributed by atoms with Gasteiger partial charge in [-0.3, -0.25) is 4.79 Å².